The summed E-state index contributed by atoms with van der Waals surface area (Å²) in [7, 11) is -3.84. The van der Waals surface area contributed by atoms with Crippen LogP contribution < -0.4 is 9.62 Å². The van der Waals surface area contributed by atoms with Gasteiger partial charge in [-0.15, -0.1) is 0 Å². The largest absolute Gasteiger partial charge is 0.355 e. The number of benzene rings is 3. The minimum absolute atomic E-state index is 0.0327. The second-order valence-electron chi connectivity index (χ2n) is 9.64. The van der Waals surface area contributed by atoms with Gasteiger partial charge in [0.15, 0.2) is 11.6 Å². The van der Waals surface area contributed by atoms with Crippen molar-refractivity contribution in [2.75, 3.05) is 23.7 Å². The average molecular weight is 572 g/mol. The fraction of sp³-hybridized carbons (Fsp3) is 0.333. The third-order valence-corrected chi connectivity index (χ3v) is 7.63. The Balaban J connectivity index is 1.86. The quantitative estimate of drug-likeness (QED) is 0.325. The van der Waals surface area contributed by atoms with E-state index in [2.05, 4.69) is 5.32 Å². The monoisotopic (exact) mass is 571 g/mol. The van der Waals surface area contributed by atoms with Gasteiger partial charge in [-0.05, 0) is 43.5 Å². The number of aryl methyl sites for hydroxylation is 1. The molecule has 1 atom stereocenters. The van der Waals surface area contributed by atoms with Crippen molar-refractivity contribution in [2.24, 2.45) is 0 Å². The summed E-state index contributed by atoms with van der Waals surface area (Å²) in [5.41, 5.74) is 2.77. The lowest BCUT2D eigenvalue weighted by Crippen LogP contribution is -2.50. The first-order chi connectivity index (χ1) is 19.0. The molecule has 0 aliphatic rings. The number of halogens is 2. The Morgan fingerprint density at radius 2 is 1.60 bits per heavy atom. The summed E-state index contributed by atoms with van der Waals surface area (Å²) in [5, 5.41) is 2.84. The zero-order valence-corrected chi connectivity index (χ0v) is 23.8. The lowest BCUT2D eigenvalue weighted by atomic mass is 10.0. The zero-order chi connectivity index (χ0) is 29.3. The minimum atomic E-state index is -3.84. The van der Waals surface area contributed by atoms with Gasteiger partial charge in [0.25, 0.3) is 0 Å². The Bertz CT molecular complexity index is 1400. The molecule has 1 N–H and O–H groups in total. The molecule has 0 spiro atoms. The van der Waals surface area contributed by atoms with E-state index in [1.54, 1.807) is 0 Å². The predicted molar refractivity (Wildman–Crippen MR) is 152 cm³/mol. The number of carbonyl (C=O) groups excluding carboxylic acids is 2. The molecule has 40 heavy (non-hydrogen) atoms. The van der Waals surface area contributed by atoms with Crippen LogP contribution in [0.4, 0.5) is 14.5 Å². The Kier molecular flexibility index (Phi) is 10.8. The highest BCUT2D eigenvalue weighted by molar-refractivity contribution is 7.92. The minimum Gasteiger partial charge on any atom is -0.355 e. The van der Waals surface area contributed by atoms with Crippen molar-refractivity contribution in [1.82, 2.24) is 10.2 Å². The third kappa shape index (κ3) is 8.61. The first kappa shape index (κ1) is 30.7. The van der Waals surface area contributed by atoms with Crippen LogP contribution in [0.1, 0.15) is 36.5 Å². The number of carbonyl (C=O) groups is 2. The first-order valence-corrected chi connectivity index (χ1v) is 14.9. The summed E-state index contributed by atoms with van der Waals surface area (Å²) in [6.07, 6.45) is 1.30. The van der Waals surface area contributed by atoms with Gasteiger partial charge in [0.1, 0.15) is 6.04 Å². The predicted octanol–water partition coefficient (Wildman–Crippen LogP) is 4.60. The second kappa shape index (κ2) is 14.0. The molecule has 2 amide bonds. The van der Waals surface area contributed by atoms with Gasteiger partial charge >= 0.3 is 0 Å². The molecule has 3 aromatic rings. The van der Waals surface area contributed by atoms with E-state index in [9.17, 15) is 26.8 Å². The van der Waals surface area contributed by atoms with Gasteiger partial charge in [0.05, 0.1) is 11.9 Å². The fourth-order valence-electron chi connectivity index (χ4n) is 4.38. The molecule has 0 aliphatic heterocycles. The topological polar surface area (TPSA) is 86.8 Å². The second-order valence-corrected chi connectivity index (χ2v) is 11.6. The molecule has 0 aromatic heterocycles. The highest BCUT2D eigenvalue weighted by atomic mass is 32.2. The Morgan fingerprint density at radius 3 is 2.20 bits per heavy atom. The number of likely N-dealkylation sites (N-methyl/N-ethyl adjacent to an activating group) is 1. The van der Waals surface area contributed by atoms with Crippen LogP contribution in [0.3, 0.4) is 0 Å². The molecule has 0 saturated heterocycles. The number of anilines is 1. The maximum atomic E-state index is 13.8. The summed E-state index contributed by atoms with van der Waals surface area (Å²) < 4.78 is 53.1. The number of hydrogen-bond donors (Lipinski definition) is 1. The molecule has 0 saturated carbocycles. The number of amides is 2. The van der Waals surface area contributed by atoms with E-state index in [1.807, 2.05) is 68.4 Å². The van der Waals surface area contributed by atoms with Gasteiger partial charge in [-0.3, -0.25) is 13.9 Å². The van der Waals surface area contributed by atoms with Crippen molar-refractivity contribution in [1.29, 1.82) is 0 Å². The zero-order valence-electron chi connectivity index (χ0n) is 22.9. The van der Waals surface area contributed by atoms with E-state index >= 15 is 0 Å². The van der Waals surface area contributed by atoms with E-state index in [0.717, 1.165) is 39.4 Å². The molecule has 0 radical (unpaired) electrons. The van der Waals surface area contributed by atoms with Crippen LogP contribution >= 0.6 is 0 Å². The molecule has 0 aliphatic carbocycles. The summed E-state index contributed by atoms with van der Waals surface area (Å²) >= 11 is 0. The van der Waals surface area contributed by atoms with Gasteiger partial charge in [-0.25, -0.2) is 17.2 Å². The van der Waals surface area contributed by atoms with Crippen molar-refractivity contribution in [3.8, 4) is 0 Å². The summed E-state index contributed by atoms with van der Waals surface area (Å²) in [6.45, 7) is 4.22. The number of rotatable bonds is 13. The van der Waals surface area contributed by atoms with Gasteiger partial charge in [-0.2, -0.15) is 0 Å². The van der Waals surface area contributed by atoms with Gasteiger partial charge < -0.3 is 10.2 Å². The molecular formula is C30H35F2N3O4S. The highest BCUT2D eigenvalue weighted by Gasteiger charge is 2.30. The smallest absolute Gasteiger partial charge is 0.243 e. The molecule has 0 heterocycles. The van der Waals surface area contributed by atoms with Crippen molar-refractivity contribution >= 4 is 27.5 Å². The van der Waals surface area contributed by atoms with Crippen LogP contribution in [-0.2, 0) is 32.6 Å². The maximum Gasteiger partial charge on any atom is 0.243 e. The highest BCUT2D eigenvalue weighted by Crippen LogP contribution is 2.22. The van der Waals surface area contributed by atoms with Crippen molar-refractivity contribution < 1.29 is 26.8 Å². The third-order valence-electron chi connectivity index (χ3n) is 6.44. The Morgan fingerprint density at radius 1 is 0.925 bits per heavy atom. The van der Waals surface area contributed by atoms with Crippen LogP contribution in [0.2, 0.25) is 0 Å². The van der Waals surface area contributed by atoms with E-state index in [4.69, 9.17) is 0 Å². The summed E-state index contributed by atoms with van der Waals surface area (Å²) in [4.78, 5) is 28.5. The maximum absolute atomic E-state index is 13.8. The van der Waals surface area contributed by atoms with E-state index < -0.39 is 27.7 Å². The Hall–Kier alpha value is -3.79. The first-order valence-electron chi connectivity index (χ1n) is 13.1. The van der Waals surface area contributed by atoms with Gasteiger partial charge in [0.2, 0.25) is 21.8 Å². The lowest BCUT2D eigenvalue weighted by Gasteiger charge is -2.32. The van der Waals surface area contributed by atoms with Crippen LogP contribution in [0.5, 0.6) is 0 Å². The van der Waals surface area contributed by atoms with E-state index in [-0.39, 0.29) is 43.4 Å². The van der Waals surface area contributed by atoms with Crippen LogP contribution in [-0.4, -0.2) is 50.5 Å². The number of nitrogens with zero attached hydrogens (tertiary/aromatic N) is 2. The van der Waals surface area contributed by atoms with Crippen molar-refractivity contribution in [3.63, 3.8) is 0 Å². The molecule has 3 rings (SSSR count). The number of sulfonamides is 1. The number of hydrogen-bond acceptors (Lipinski definition) is 4. The van der Waals surface area contributed by atoms with Gasteiger partial charge in [-0.1, -0.05) is 60.2 Å². The van der Waals surface area contributed by atoms with Crippen LogP contribution in [0.15, 0.2) is 72.8 Å². The van der Waals surface area contributed by atoms with Gasteiger partial charge in [0, 0.05) is 38.5 Å². The molecule has 0 unspecified atom stereocenters. The van der Waals surface area contributed by atoms with Crippen molar-refractivity contribution in [2.45, 2.75) is 45.7 Å². The van der Waals surface area contributed by atoms with E-state index in [1.165, 1.54) is 11.0 Å². The van der Waals surface area contributed by atoms with E-state index in [0.29, 0.717) is 13.0 Å². The Labute approximate surface area is 234 Å². The molecular weight excluding hydrogens is 536 g/mol. The lowest BCUT2D eigenvalue weighted by molar-refractivity contribution is -0.141. The fourth-order valence-corrected chi connectivity index (χ4v) is 5.34. The SMILES string of the molecule is CCNC(=O)[C@@H](Cc1ccccc1)N(Cc1ccc(C)cc1)C(=O)CCCN(c1ccc(F)c(F)c1)S(C)(=O)=O. The van der Waals surface area contributed by atoms with Crippen molar-refractivity contribution in [3.05, 3.63) is 101 Å². The molecule has 0 fully saturated rings. The molecule has 3 aromatic carbocycles. The van der Waals surface area contributed by atoms with Crippen LogP contribution in [0.25, 0.3) is 0 Å². The van der Waals surface area contributed by atoms with Crippen LogP contribution in [0, 0.1) is 18.6 Å². The normalized spacial score (nSPS) is 12.0. The molecule has 214 valence electrons. The summed E-state index contributed by atoms with van der Waals surface area (Å²) in [6, 6.07) is 19.1. The number of nitrogens with one attached hydrogen (secondary N) is 1. The molecule has 10 heteroatoms. The molecule has 7 nitrogen and oxygen atoms in total. The molecule has 0 bridgehead atoms. The standard InChI is InChI=1S/C30H35F2N3O4S/c1-4-33-30(37)28(19-23-9-6-5-7-10-23)34(21-24-14-12-22(2)13-15-24)29(36)11-8-18-35(40(3,38)39)25-16-17-26(31)27(32)20-25/h5-7,9-10,12-17,20,28H,4,8,11,18-19,21H2,1-3H3,(H,33,37)/t28-/m1/s1. The average Bonchev–Trinajstić information content (AvgIpc) is 2.91. The summed E-state index contributed by atoms with van der Waals surface area (Å²) in [5.74, 6) is -2.87.